The highest BCUT2D eigenvalue weighted by Crippen LogP contribution is 2.12. The van der Waals surface area contributed by atoms with E-state index in [0.29, 0.717) is 6.61 Å². The van der Waals surface area contributed by atoms with E-state index in [1.807, 2.05) is 24.3 Å². The van der Waals surface area contributed by atoms with E-state index in [1.165, 1.54) is 0 Å². The number of carbonyl (C=O) groups excluding carboxylic acids is 1. The molecule has 0 bridgehead atoms. The highest BCUT2D eigenvalue weighted by molar-refractivity contribution is 14.1. The fourth-order valence-electron chi connectivity index (χ4n) is 0.851. The van der Waals surface area contributed by atoms with Gasteiger partial charge in [-0.1, -0.05) is 6.07 Å². The van der Waals surface area contributed by atoms with Crippen LogP contribution in [0, 0.1) is 3.57 Å². The average Bonchev–Trinajstić information content (AvgIpc) is 2.04. The van der Waals surface area contributed by atoms with Crippen molar-refractivity contribution in [2.24, 2.45) is 0 Å². The number of nitrogens with one attached hydrogen (secondary N) is 1. The van der Waals surface area contributed by atoms with Crippen molar-refractivity contribution in [2.75, 3.05) is 11.9 Å². The summed E-state index contributed by atoms with van der Waals surface area (Å²) in [5, 5.41) is 2.62. The molecular formula is C9H10INO2. The maximum Gasteiger partial charge on any atom is 0.411 e. The van der Waals surface area contributed by atoms with Gasteiger partial charge >= 0.3 is 6.09 Å². The molecule has 13 heavy (non-hydrogen) atoms. The lowest BCUT2D eigenvalue weighted by Gasteiger charge is -2.04. The summed E-state index contributed by atoms with van der Waals surface area (Å²) in [5.41, 5.74) is 0.755. The van der Waals surface area contributed by atoms with Gasteiger partial charge in [0, 0.05) is 9.26 Å². The molecule has 0 aliphatic heterocycles. The van der Waals surface area contributed by atoms with Crippen molar-refractivity contribution in [1.82, 2.24) is 0 Å². The fraction of sp³-hybridized carbons (Fsp3) is 0.222. The van der Waals surface area contributed by atoms with Crippen LogP contribution in [0.1, 0.15) is 6.92 Å². The number of carbonyl (C=O) groups is 1. The van der Waals surface area contributed by atoms with E-state index in [0.717, 1.165) is 9.26 Å². The molecular weight excluding hydrogens is 281 g/mol. The molecule has 0 aromatic heterocycles. The van der Waals surface area contributed by atoms with E-state index < -0.39 is 6.09 Å². The van der Waals surface area contributed by atoms with Crippen molar-refractivity contribution in [1.29, 1.82) is 0 Å². The van der Waals surface area contributed by atoms with Gasteiger partial charge in [-0.2, -0.15) is 0 Å². The van der Waals surface area contributed by atoms with Crippen LogP contribution in [-0.2, 0) is 4.74 Å². The lowest BCUT2D eigenvalue weighted by Crippen LogP contribution is -2.13. The molecule has 4 heteroatoms. The minimum atomic E-state index is -0.412. The summed E-state index contributed by atoms with van der Waals surface area (Å²) in [5.74, 6) is 0. The van der Waals surface area contributed by atoms with Crippen molar-refractivity contribution < 1.29 is 9.53 Å². The van der Waals surface area contributed by atoms with Gasteiger partial charge in [-0.05, 0) is 47.7 Å². The molecule has 1 amide bonds. The summed E-state index contributed by atoms with van der Waals surface area (Å²) in [4.78, 5) is 11.0. The molecule has 0 atom stereocenters. The quantitative estimate of drug-likeness (QED) is 0.851. The molecule has 0 heterocycles. The predicted molar refractivity (Wildman–Crippen MR) is 59.8 cm³/mol. The van der Waals surface area contributed by atoms with Gasteiger partial charge in [0.05, 0.1) is 6.61 Å². The number of rotatable bonds is 2. The second-order valence-corrected chi connectivity index (χ2v) is 3.60. The second kappa shape index (κ2) is 5.06. The average molecular weight is 291 g/mol. The van der Waals surface area contributed by atoms with Crippen molar-refractivity contribution >= 4 is 34.4 Å². The first-order chi connectivity index (χ1) is 6.22. The number of hydrogen-bond donors (Lipinski definition) is 1. The molecule has 70 valence electrons. The second-order valence-electron chi connectivity index (χ2n) is 2.36. The smallest absolute Gasteiger partial charge is 0.411 e. The number of anilines is 1. The van der Waals surface area contributed by atoms with E-state index in [-0.39, 0.29) is 0 Å². The van der Waals surface area contributed by atoms with Crippen LogP contribution in [-0.4, -0.2) is 12.7 Å². The first-order valence-corrected chi connectivity index (χ1v) is 4.99. The topological polar surface area (TPSA) is 38.3 Å². The molecule has 1 N–H and O–H groups in total. The molecule has 0 saturated carbocycles. The van der Waals surface area contributed by atoms with Gasteiger partial charge in [-0.15, -0.1) is 0 Å². The highest BCUT2D eigenvalue weighted by atomic mass is 127. The Morgan fingerprint density at radius 2 is 2.38 bits per heavy atom. The Kier molecular flexibility index (Phi) is 4.01. The van der Waals surface area contributed by atoms with Gasteiger partial charge in [0.25, 0.3) is 0 Å². The molecule has 1 aromatic rings. The first-order valence-electron chi connectivity index (χ1n) is 3.91. The summed E-state index contributed by atoms with van der Waals surface area (Å²) in [7, 11) is 0. The highest BCUT2D eigenvalue weighted by Gasteiger charge is 2.00. The van der Waals surface area contributed by atoms with Crippen molar-refractivity contribution in [3.05, 3.63) is 27.8 Å². The predicted octanol–water partition coefficient (Wildman–Crippen LogP) is 2.86. The summed E-state index contributed by atoms with van der Waals surface area (Å²) < 4.78 is 5.81. The summed E-state index contributed by atoms with van der Waals surface area (Å²) in [6.07, 6.45) is -0.412. The Morgan fingerprint density at radius 1 is 1.62 bits per heavy atom. The molecule has 3 nitrogen and oxygen atoms in total. The van der Waals surface area contributed by atoms with Crippen LogP contribution >= 0.6 is 22.6 Å². The Bertz CT molecular complexity index is 301. The summed E-state index contributed by atoms with van der Waals surface area (Å²) >= 11 is 2.18. The zero-order valence-electron chi connectivity index (χ0n) is 7.21. The zero-order valence-corrected chi connectivity index (χ0v) is 9.37. The molecule has 0 aliphatic carbocycles. The van der Waals surface area contributed by atoms with Crippen LogP contribution in [0.5, 0.6) is 0 Å². The van der Waals surface area contributed by atoms with Gasteiger partial charge in [0.15, 0.2) is 0 Å². The molecule has 1 aromatic carbocycles. The van der Waals surface area contributed by atoms with E-state index in [4.69, 9.17) is 4.74 Å². The minimum absolute atomic E-state index is 0.385. The Balaban J connectivity index is 2.58. The number of hydrogen-bond acceptors (Lipinski definition) is 2. The largest absolute Gasteiger partial charge is 0.450 e. The molecule has 1 rings (SSSR count). The van der Waals surface area contributed by atoms with Gasteiger partial charge in [0.1, 0.15) is 0 Å². The Hall–Kier alpha value is -0.780. The van der Waals surface area contributed by atoms with Gasteiger partial charge < -0.3 is 4.74 Å². The lowest BCUT2D eigenvalue weighted by atomic mass is 10.3. The van der Waals surface area contributed by atoms with E-state index in [2.05, 4.69) is 27.9 Å². The van der Waals surface area contributed by atoms with Gasteiger partial charge in [-0.25, -0.2) is 4.79 Å². The first kappa shape index (κ1) is 10.3. The molecule has 0 unspecified atom stereocenters. The normalized spacial score (nSPS) is 9.38. The molecule has 0 radical (unpaired) electrons. The van der Waals surface area contributed by atoms with Crippen LogP contribution in [0.25, 0.3) is 0 Å². The lowest BCUT2D eigenvalue weighted by molar-refractivity contribution is 0.168. The van der Waals surface area contributed by atoms with Crippen LogP contribution in [0.3, 0.4) is 0 Å². The maximum atomic E-state index is 11.0. The number of halogens is 1. The third-order valence-corrected chi connectivity index (χ3v) is 2.02. The van der Waals surface area contributed by atoms with Crippen molar-refractivity contribution in [3.63, 3.8) is 0 Å². The Labute approximate surface area is 90.6 Å². The molecule has 0 aliphatic rings. The van der Waals surface area contributed by atoms with Crippen LogP contribution < -0.4 is 5.32 Å². The maximum absolute atomic E-state index is 11.0. The van der Waals surface area contributed by atoms with Gasteiger partial charge in [-0.3, -0.25) is 5.32 Å². The fourth-order valence-corrected chi connectivity index (χ4v) is 1.39. The third-order valence-electron chi connectivity index (χ3n) is 1.35. The van der Waals surface area contributed by atoms with E-state index >= 15 is 0 Å². The van der Waals surface area contributed by atoms with Crippen LogP contribution in [0.4, 0.5) is 10.5 Å². The number of ether oxygens (including phenoxy) is 1. The minimum Gasteiger partial charge on any atom is -0.450 e. The van der Waals surface area contributed by atoms with Crippen molar-refractivity contribution in [3.8, 4) is 0 Å². The summed E-state index contributed by atoms with van der Waals surface area (Å²) in [6.45, 7) is 2.16. The number of amides is 1. The van der Waals surface area contributed by atoms with Crippen LogP contribution in [0.2, 0.25) is 0 Å². The van der Waals surface area contributed by atoms with Crippen molar-refractivity contribution in [2.45, 2.75) is 6.92 Å². The SMILES string of the molecule is CCOC(=O)Nc1cccc(I)c1. The number of benzene rings is 1. The Morgan fingerprint density at radius 3 is 3.00 bits per heavy atom. The van der Waals surface area contributed by atoms with E-state index in [1.54, 1.807) is 6.92 Å². The van der Waals surface area contributed by atoms with Gasteiger partial charge in [0.2, 0.25) is 0 Å². The molecule has 0 fully saturated rings. The summed E-state index contributed by atoms with van der Waals surface area (Å²) in [6, 6.07) is 7.52. The third kappa shape index (κ3) is 3.63. The monoisotopic (exact) mass is 291 g/mol. The standard InChI is InChI=1S/C9H10INO2/c1-2-13-9(12)11-8-5-3-4-7(10)6-8/h3-6H,2H2,1H3,(H,11,12). The van der Waals surface area contributed by atoms with E-state index in [9.17, 15) is 4.79 Å². The zero-order chi connectivity index (χ0) is 9.68. The van der Waals surface area contributed by atoms with Crippen LogP contribution in [0.15, 0.2) is 24.3 Å². The molecule has 0 saturated heterocycles. The molecule has 0 spiro atoms.